The van der Waals surface area contributed by atoms with Gasteiger partial charge in [0, 0.05) is 19.2 Å². The first-order valence-corrected chi connectivity index (χ1v) is 7.29. The van der Waals surface area contributed by atoms with Crippen LogP contribution in [0.4, 0.5) is 0 Å². The summed E-state index contributed by atoms with van der Waals surface area (Å²) in [5, 5.41) is 4.06. The predicted molar refractivity (Wildman–Crippen MR) is 79.8 cm³/mol. The molecule has 112 valence electrons. The first-order chi connectivity index (χ1) is 9.67. The Labute approximate surface area is 125 Å². The van der Waals surface area contributed by atoms with Crippen molar-refractivity contribution in [3.05, 3.63) is 22.7 Å². The van der Waals surface area contributed by atoms with Gasteiger partial charge in [-0.15, -0.1) is 0 Å². The van der Waals surface area contributed by atoms with Crippen molar-refractivity contribution < 1.29 is 14.2 Å². The molecule has 0 saturated carbocycles. The fourth-order valence-corrected chi connectivity index (χ4v) is 2.77. The maximum absolute atomic E-state index is 6.36. The minimum absolute atomic E-state index is 0.300. The van der Waals surface area contributed by atoms with Gasteiger partial charge in [0.05, 0.1) is 25.3 Å². The van der Waals surface area contributed by atoms with Gasteiger partial charge >= 0.3 is 0 Å². The number of hydrogen-bond donors (Lipinski definition) is 1. The smallest absolute Gasteiger partial charge is 0.179 e. The summed E-state index contributed by atoms with van der Waals surface area (Å²) in [4.78, 5) is 0. The molecular formula is C15H22ClNO3. The van der Waals surface area contributed by atoms with E-state index in [0.717, 1.165) is 25.0 Å². The topological polar surface area (TPSA) is 39.7 Å². The van der Waals surface area contributed by atoms with Crippen molar-refractivity contribution in [2.75, 3.05) is 20.8 Å². The van der Waals surface area contributed by atoms with Gasteiger partial charge in [-0.3, -0.25) is 0 Å². The van der Waals surface area contributed by atoms with Crippen LogP contribution in [0.1, 0.15) is 25.3 Å². The Morgan fingerprint density at radius 2 is 2.20 bits per heavy atom. The van der Waals surface area contributed by atoms with Gasteiger partial charge in [-0.25, -0.2) is 0 Å². The van der Waals surface area contributed by atoms with Crippen LogP contribution < -0.4 is 14.8 Å². The van der Waals surface area contributed by atoms with Crippen LogP contribution in [0.3, 0.4) is 0 Å². The summed E-state index contributed by atoms with van der Waals surface area (Å²) in [5.41, 5.74) is 0.995. The van der Waals surface area contributed by atoms with E-state index >= 15 is 0 Å². The number of halogens is 1. The van der Waals surface area contributed by atoms with Crippen LogP contribution in [0.5, 0.6) is 11.5 Å². The van der Waals surface area contributed by atoms with Crippen LogP contribution in [0.15, 0.2) is 12.1 Å². The van der Waals surface area contributed by atoms with E-state index in [0.29, 0.717) is 35.2 Å². The van der Waals surface area contributed by atoms with E-state index in [9.17, 15) is 0 Å². The van der Waals surface area contributed by atoms with E-state index in [4.69, 9.17) is 25.8 Å². The summed E-state index contributed by atoms with van der Waals surface area (Å²) in [6.45, 7) is 3.69. The average Bonchev–Trinajstić information content (AvgIpc) is 2.99. The predicted octanol–water partition coefficient (Wildman–Crippen LogP) is 3.01. The molecule has 0 bridgehead atoms. The first kappa shape index (κ1) is 15.4. The largest absolute Gasteiger partial charge is 0.493 e. The Morgan fingerprint density at radius 3 is 2.80 bits per heavy atom. The third-order valence-electron chi connectivity index (χ3n) is 3.70. The Morgan fingerprint density at radius 1 is 1.40 bits per heavy atom. The fourth-order valence-electron chi connectivity index (χ4n) is 2.47. The second kappa shape index (κ2) is 7.16. The molecule has 1 aliphatic heterocycles. The highest BCUT2D eigenvalue weighted by atomic mass is 35.5. The molecule has 1 fully saturated rings. The van der Waals surface area contributed by atoms with Gasteiger partial charge in [-0.05, 0) is 31.4 Å². The van der Waals surface area contributed by atoms with Crippen molar-refractivity contribution >= 4 is 11.6 Å². The van der Waals surface area contributed by atoms with E-state index in [-0.39, 0.29) is 0 Å². The minimum atomic E-state index is 0.300. The lowest BCUT2D eigenvalue weighted by atomic mass is 10.1. The van der Waals surface area contributed by atoms with Gasteiger partial charge in [-0.2, -0.15) is 0 Å². The zero-order valence-electron chi connectivity index (χ0n) is 12.2. The molecule has 0 spiro atoms. The SMILES string of the molecule is COc1ccc(CNC(C)C2CCCO2)c(Cl)c1OC. The van der Waals surface area contributed by atoms with E-state index in [1.54, 1.807) is 14.2 Å². The summed E-state index contributed by atoms with van der Waals surface area (Å²) in [6, 6.07) is 4.14. The monoisotopic (exact) mass is 299 g/mol. The molecule has 1 aromatic rings. The summed E-state index contributed by atoms with van der Waals surface area (Å²) in [5.74, 6) is 1.23. The van der Waals surface area contributed by atoms with Crippen molar-refractivity contribution in [3.8, 4) is 11.5 Å². The Bertz CT molecular complexity index is 447. The van der Waals surface area contributed by atoms with E-state index in [2.05, 4.69) is 12.2 Å². The maximum Gasteiger partial charge on any atom is 0.179 e. The normalized spacial score (nSPS) is 19.9. The van der Waals surface area contributed by atoms with Crippen molar-refractivity contribution in [2.45, 2.75) is 38.5 Å². The highest BCUT2D eigenvalue weighted by Gasteiger charge is 2.22. The first-order valence-electron chi connectivity index (χ1n) is 6.91. The molecule has 0 amide bonds. The molecular weight excluding hydrogens is 278 g/mol. The van der Waals surface area contributed by atoms with Crippen LogP contribution >= 0.6 is 11.6 Å². The van der Waals surface area contributed by atoms with Crippen LogP contribution in [0, 0.1) is 0 Å². The molecule has 0 aromatic heterocycles. The van der Waals surface area contributed by atoms with E-state index in [1.165, 1.54) is 0 Å². The van der Waals surface area contributed by atoms with Crippen molar-refractivity contribution in [2.24, 2.45) is 0 Å². The lowest BCUT2D eigenvalue weighted by Crippen LogP contribution is -2.36. The Balaban J connectivity index is 2.02. The van der Waals surface area contributed by atoms with Crippen LogP contribution in [0.2, 0.25) is 5.02 Å². The van der Waals surface area contributed by atoms with Crippen LogP contribution in [-0.2, 0) is 11.3 Å². The van der Waals surface area contributed by atoms with Gasteiger partial charge in [-0.1, -0.05) is 17.7 Å². The number of ether oxygens (including phenoxy) is 3. The van der Waals surface area contributed by atoms with Crippen molar-refractivity contribution in [1.29, 1.82) is 0 Å². The lowest BCUT2D eigenvalue weighted by molar-refractivity contribution is 0.0832. The molecule has 1 aromatic carbocycles. The van der Waals surface area contributed by atoms with Gasteiger partial charge < -0.3 is 19.5 Å². The second-order valence-corrected chi connectivity index (χ2v) is 5.37. The molecule has 1 heterocycles. The van der Waals surface area contributed by atoms with Gasteiger partial charge in [0.15, 0.2) is 11.5 Å². The van der Waals surface area contributed by atoms with Crippen LogP contribution in [0.25, 0.3) is 0 Å². The van der Waals surface area contributed by atoms with Crippen LogP contribution in [-0.4, -0.2) is 33.0 Å². The molecule has 20 heavy (non-hydrogen) atoms. The highest BCUT2D eigenvalue weighted by Crippen LogP contribution is 2.37. The fraction of sp³-hybridized carbons (Fsp3) is 0.600. The average molecular weight is 300 g/mol. The zero-order chi connectivity index (χ0) is 14.5. The minimum Gasteiger partial charge on any atom is -0.493 e. The molecule has 1 saturated heterocycles. The number of nitrogens with one attached hydrogen (secondary N) is 1. The number of benzene rings is 1. The number of hydrogen-bond acceptors (Lipinski definition) is 4. The molecule has 0 radical (unpaired) electrons. The Kier molecular flexibility index (Phi) is 5.52. The quantitative estimate of drug-likeness (QED) is 0.876. The van der Waals surface area contributed by atoms with Crippen molar-refractivity contribution in [1.82, 2.24) is 5.32 Å². The maximum atomic E-state index is 6.36. The zero-order valence-corrected chi connectivity index (χ0v) is 13.0. The molecule has 2 unspecified atom stereocenters. The van der Waals surface area contributed by atoms with Crippen molar-refractivity contribution in [3.63, 3.8) is 0 Å². The summed E-state index contributed by atoms with van der Waals surface area (Å²) in [6.07, 6.45) is 2.57. The standard InChI is InChI=1S/C15H22ClNO3/c1-10(12-5-4-8-20-12)17-9-11-6-7-13(18-2)15(19-3)14(11)16/h6-7,10,12,17H,4-5,8-9H2,1-3H3. The molecule has 2 atom stereocenters. The summed E-state index contributed by atoms with van der Waals surface area (Å²) in [7, 11) is 3.20. The van der Waals surface area contributed by atoms with E-state index < -0.39 is 0 Å². The molecule has 5 heteroatoms. The van der Waals surface area contributed by atoms with Gasteiger partial charge in [0.25, 0.3) is 0 Å². The Hall–Kier alpha value is -0.970. The third-order valence-corrected chi connectivity index (χ3v) is 4.12. The van der Waals surface area contributed by atoms with E-state index in [1.807, 2.05) is 12.1 Å². The molecule has 4 nitrogen and oxygen atoms in total. The molecule has 2 rings (SSSR count). The summed E-state index contributed by atoms with van der Waals surface area (Å²) >= 11 is 6.36. The number of methoxy groups -OCH3 is 2. The lowest BCUT2D eigenvalue weighted by Gasteiger charge is -2.21. The molecule has 1 N–H and O–H groups in total. The third kappa shape index (κ3) is 3.37. The second-order valence-electron chi connectivity index (χ2n) is 5.00. The highest BCUT2D eigenvalue weighted by molar-refractivity contribution is 6.33. The van der Waals surface area contributed by atoms with Gasteiger partial charge in [0.1, 0.15) is 0 Å². The van der Waals surface area contributed by atoms with Gasteiger partial charge in [0.2, 0.25) is 0 Å². The molecule has 1 aliphatic rings. The summed E-state index contributed by atoms with van der Waals surface area (Å²) < 4.78 is 16.2. The molecule has 0 aliphatic carbocycles. The number of rotatable bonds is 6.